The first-order valence-corrected chi connectivity index (χ1v) is 6.28. The molecule has 1 fully saturated rings. The summed E-state index contributed by atoms with van der Waals surface area (Å²) in [5.74, 6) is 0. The molecule has 0 heterocycles. The van der Waals surface area contributed by atoms with Crippen molar-refractivity contribution < 1.29 is 4.79 Å². The van der Waals surface area contributed by atoms with Crippen molar-refractivity contribution in [3.05, 3.63) is 47.0 Å². The molecular weight excluding hydrogens is 232 g/mol. The van der Waals surface area contributed by atoms with E-state index in [-0.39, 0.29) is 5.41 Å². The Balaban J connectivity index is 2.17. The highest BCUT2D eigenvalue weighted by molar-refractivity contribution is 6.35. The van der Waals surface area contributed by atoms with Gasteiger partial charge in [0.2, 0.25) is 0 Å². The van der Waals surface area contributed by atoms with Crippen molar-refractivity contribution in [3.8, 4) is 0 Å². The molecule has 2 aromatic rings. The van der Waals surface area contributed by atoms with Gasteiger partial charge in [0.1, 0.15) is 6.29 Å². The fraction of sp³-hybridized carbons (Fsp3) is 0.267. The zero-order valence-corrected chi connectivity index (χ0v) is 10.2. The van der Waals surface area contributed by atoms with E-state index >= 15 is 0 Å². The standard InChI is InChI=1S/C15H13ClO/c16-14-4-1-3-11-9-12(5-6-13(11)14)15(10-17)7-2-8-15/h1,3-6,9-10H,2,7-8H2. The summed E-state index contributed by atoms with van der Waals surface area (Å²) >= 11 is 6.14. The monoisotopic (exact) mass is 244 g/mol. The third-order valence-corrected chi connectivity index (χ3v) is 4.20. The Morgan fingerprint density at radius 3 is 2.65 bits per heavy atom. The molecule has 1 aliphatic rings. The minimum atomic E-state index is -0.226. The zero-order chi connectivity index (χ0) is 11.9. The van der Waals surface area contributed by atoms with Gasteiger partial charge in [-0.05, 0) is 29.9 Å². The summed E-state index contributed by atoms with van der Waals surface area (Å²) in [5, 5.41) is 2.93. The molecule has 0 bridgehead atoms. The summed E-state index contributed by atoms with van der Waals surface area (Å²) in [6.07, 6.45) is 4.21. The minimum Gasteiger partial charge on any atom is -0.302 e. The number of fused-ring (bicyclic) bond motifs is 1. The first kappa shape index (κ1) is 10.8. The van der Waals surface area contributed by atoms with Crippen molar-refractivity contribution in [3.63, 3.8) is 0 Å². The number of halogens is 1. The molecular formula is C15H13ClO. The Morgan fingerprint density at radius 1 is 1.18 bits per heavy atom. The van der Waals surface area contributed by atoms with Crippen molar-refractivity contribution in [2.24, 2.45) is 0 Å². The predicted octanol–water partition coefficient (Wildman–Crippen LogP) is 4.11. The van der Waals surface area contributed by atoms with Crippen molar-refractivity contribution in [2.75, 3.05) is 0 Å². The molecule has 0 N–H and O–H groups in total. The van der Waals surface area contributed by atoms with Gasteiger partial charge in [0, 0.05) is 10.4 Å². The van der Waals surface area contributed by atoms with E-state index < -0.39 is 0 Å². The van der Waals surface area contributed by atoms with Crippen LogP contribution < -0.4 is 0 Å². The quantitative estimate of drug-likeness (QED) is 0.727. The first-order chi connectivity index (χ1) is 8.25. The Bertz CT molecular complexity index is 584. The second-order valence-corrected chi connectivity index (χ2v) is 5.21. The highest BCUT2D eigenvalue weighted by atomic mass is 35.5. The van der Waals surface area contributed by atoms with E-state index in [4.69, 9.17) is 11.6 Å². The summed E-state index contributed by atoms with van der Waals surface area (Å²) in [7, 11) is 0. The van der Waals surface area contributed by atoms with E-state index in [0.717, 1.165) is 46.9 Å². The van der Waals surface area contributed by atoms with Gasteiger partial charge in [0.15, 0.2) is 0 Å². The van der Waals surface area contributed by atoms with E-state index in [1.165, 1.54) is 0 Å². The summed E-state index contributed by atoms with van der Waals surface area (Å²) in [6, 6.07) is 12.1. The lowest BCUT2D eigenvalue weighted by Gasteiger charge is -2.37. The minimum absolute atomic E-state index is 0.226. The van der Waals surface area contributed by atoms with E-state index in [1.807, 2.05) is 30.3 Å². The van der Waals surface area contributed by atoms with Crippen molar-refractivity contribution in [2.45, 2.75) is 24.7 Å². The molecule has 1 saturated carbocycles. The number of benzene rings is 2. The SMILES string of the molecule is O=CC1(c2ccc3c(Cl)cccc3c2)CCC1. The van der Waals surface area contributed by atoms with Crippen LogP contribution >= 0.6 is 11.6 Å². The van der Waals surface area contributed by atoms with Crippen molar-refractivity contribution in [1.29, 1.82) is 0 Å². The molecule has 0 amide bonds. The predicted molar refractivity (Wildman–Crippen MR) is 70.6 cm³/mol. The van der Waals surface area contributed by atoms with Crippen LogP contribution in [0.25, 0.3) is 10.8 Å². The van der Waals surface area contributed by atoms with Gasteiger partial charge < -0.3 is 4.79 Å². The third-order valence-electron chi connectivity index (χ3n) is 3.87. The van der Waals surface area contributed by atoms with Gasteiger partial charge in [-0.2, -0.15) is 0 Å². The second kappa shape index (κ2) is 3.85. The first-order valence-electron chi connectivity index (χ1n) is 5.90. The Labute approximate surface area is 105 Å². The molecule has 0 aromatic heterocycles. The summed E-state index contributed by atoms with van der Waals surface area (Å²) in [5.41, 5.74) is 0.907. The lowest BCUT2D eigenvalue weighted by atomic mass is 9.65. The average Bonchev–Trinajstić information content (AvgIpc) is 2.28. The van der Waals surface area contributed by atoms with Crippen LogP contribution in [0.5, 0.6) is 0 Å². The molecule has 2 heteroatoms. The summed E-state index contributed by atoms with van der Waals surface area (Å²) in [4.78, 5) is 11.3. The molecule has 0 spiro atoms. The Hall–Kier alpha value is -1.34. The van der Waals surface area contributed by atoms with E-state index in [2.05, 4.69) is 6.07 Å². The smallest absolute Gasteiger partial charge is 0.130 e. The van der Waals surface area contributed by atoms with Gasteiger partial charge in [-0.15, -0.1) is 0 Å². The van der Waals surface area contributed by atoms with Crippen LogP contribution in [0.2, 0.25) is 5.02 Å². The number of carbonyl (C=O) groups excluding carboxylic acids is 1. The molecule has 86 valence electrons. The molecule has 0 atom stereocenters. The van der Waals surface area contributed by atoms with Gasteiger partial charge in [-0.1, -0.05) is 48.4 Å². The van der Waals surface area contributed by atoms with Crippen LogP contribution in [0.15, 0.2) is 36.4 Å². The highest BCUT2D eigenvalue weighted by Crippen LogP contribution is 2.42. The average molecular weight is 245 g/mol. The fourth-order valence-corrected chi connectivity index (χ4v) is 2.83. The molecule has 17 heavy (non-hydrogen) atoms. The third kappa shape index (κ3) is 1.57. The largest absolute Gasteiger partial charge is 0.302 e. The van der Waals surface area contributed by atoms with E-state index in [0.29, 0.717) is 0 Å². The number of rotatable bonds is 2. The van der Waals surface area contributed by atoms with Gasteiger partial charge in [-0.25, -0.2) is 0 Å². The molecule has 0 saturated heterocycles. The van der Waals surface area contributed by atoms with Gasteiger partial charge in [0.05, 0.1) is 5.41 Å². The van der Waals surface area contributed by atoms with Crippen LogP contribution in [0.3, 0.4) is 0 Å². The highest BCUT2D eigenvalue weighted by Gasteiger charge is 2.38. The van der Waals surface area contributed by atoms with Crippen molar-refractivity contribution >= 4 is 28.7 Å². The molecule has 1 aliphatic carbocycles. The Kier molecular flexibility index (Phi) is 2.44. The zero-order valence-electron chi connectivity index (χ0n) is 9.45. The number of hydrogen-bond donors (Lipinski definition) is 0. The second-order valence-electron chi connectivity index (χ2n) is 4.80. The van der Waals surface area contributed by atoms with Crippen LogP contribution in [-0.4, -0.2) is 6.29 Å². The van der Waals surface area contributed by atoms with Crippen LogP contribution in [-0.2, 0) is 10.2 Å². The van der Waals surface area contributed by atoms with Crippen LogP contribution in [0, 0.1) is 0 Å². The normalized spacial score (nSPS) is 17.7. The van der Waals surface area contributed by atoms with Crippen molar-refractivity contribution in [1.82, 2.24) is 0 Å². The van der Waals surface area contributed by atoms with E-state index in [9.17, 15) is 4.79 Å². The van der Waals surface area contributed by atoms with Crippen LogP contribution in [0.4, 0.5) is 0 Å². The maximum Gasteiger partial charge on any atom is 0.130 e. The lowest BCUT2D eigenvalue weighted by Crippen LogP contribution is -2.35. The van der Waals surface area contributed by atoms with Gasteiger partial charge >= 0.3 is 0 Å². The maximum atomic E-state index is 11.3. The fourth-order valence-electron chi connectivity index (χ4n) is 2.59. The number of aldehydes is 1. The molecule has 1 nitrogen and oxygen atoms in total. The maximum absolute atomic E-state index is 11.3. The number of hydrogen-bond acceptors (Lipinski definition) is 1. The lowest BCUT2D eigenvalue weighted by molar-refractivity contribution is -0.115. The van der Waals surface area contributed by atoms with E-state index in [1.54, 1.807) is 0 Å². The molecule has 0 radical (unpaired) electrons. The summed E-state index contributed by atoms with van der Waals surface area (Å²) in [6.45, 7) is 0. The molecule has 2 aromatic carbocycles. The molecule has 0 aliphatic heterocycles. The topological polar surface area (TPSA) is 17.1 Å². The molecule has 3 rings (SSSR count). The van der Waals surface area contributed by atoms with Crippen LogP contribution in [0.1, 0.15) is 24.8 Å². The number of carbonyl (C=O) groups is 1. The Morgan fingerprint density at radius 2 is 2.00 bits per heavy atom. The summed E-state index contributed by atoms with van der Waals surface area (Å²) < 4.78 is 0. The van der Waals surface area contributed by atoms with Gasteiger partial charge in [-0.3, -0.25) is 0 Å². The molecule has 0 unspecified atom stereocenters. The van der Waals surface area contributed by atoms with Gasteiger partial charge in [0.25, 0.3) is 0 Å².